The van der Waals surface area contributed by atoms with Crippen molar-refractivity contribution in [2.45, 2.75) is 131 Å². The zero-order chi connectivity index (χ0) is 30.1. The number of amides is 1. The van der Waals surface area contributed by atoms with Crippen molar-refractivity contribution in [3.63, 3.8) is 0 Å². The first-order chi connectivity index (χ1) is 18.9. The van der Waals surface area contributed by atoms with Crippen molar-refractivity contribution in [2.24, 2.45) is 50.6 Å². The Hall–Kier alpha value is -1.38. The number of primary amides is 1. The number of carbonyl (C=O) groups is 2. The molecule has 1 aliphatic heterocycles. The molecule has 1 heterocycles. The zero-order valence-corrected chi connectivity index (χ0v) is 26.1. The number of hydrogen-bond donors (Lipinski definition) is 3. The molecule has 5 saturated carbocycles. The van der Waals surface area contributed by atoms with Crippen LogP contribution >= 0.6 is 0 Å². The standard InChI is InChI=1S/C33H50NO7/c1-17-15-19(25(29(5,6)38)39-18(2)35)40-24-23(17)30(7)13-14-33-16-32(33)12-11-22(36)28(3,4)20(32)9-10-21(33)31(30,8)26(24)41-27(34)37/h17,20,22-23,25-26,36,38H,9-16H2,1-8H3,(H2,34,37)/t17-,20+,22?,23+,25+,26+,30-,31-,32-,33+/m1/s1. The third-order valence-corrected chi connectivity index (χ3v) is 13.4. The van der Waals surface area contributed by atoms with Crippen LogP contribution in [0, 0.1) is 63.0 Å². The molecule has 8 heteroatoms. The molecule has 0 aromatic heterocycles. The third kappa shape index (κ3) is 3.68. The van der Waals surface area contributed by atoms with Gasteiger partial charge in [-0.2, -0.15) is 0 Å². The Bertz CT molecular complexity index is 1120. The molecule has 0 aromatic carbocycles. The van der Waals surface area contributed by atoms with Crippen molar-refractivity contribution in [1.82, 2.24) is 0 Å². The molecular weight excluding hydrogens is 522 g/mol. The number of hydrogen-bond acceptors (Lipinski definition) is 7. The molecule has 229 valence electrons. The highest BCUT2D eigenvalue weighted by molar-refractivity contribution is 5.67. The SMILES string of the molecule is CC(=O)O[C@@H]([C]1C[C@@H](C)[C@H]2[C](O1)[C@H](OC(N)=O)[C@@]1(C)[C]3CC[C@H]4C(C)(C)C(O)CC[C@@]45C[C@@]35CC[C@]21C)C(C)(C)O. The van der Waals surface area contributed by atoms with Crippen LogP contribution in [0.25, 0.3) is 0 Å². The number of aliphatic hydroxyl groups excluding tert-OH is 1. The number of fused-ring (bicyclic) bond motifs is 4. The lowest BCUT2D eigenvalue weighted by atomic mass is 9.41. The first-order valence-electron chi connectivity index (χ1n) is 15.7. The van der Waals surface area contributed by atoms with E-state index in [9.17, 15) is 19.8 Å². The molecule has 41 heavy (non-hydrogen) atoms. The van der Waals surface area contributed by atoms with Crippen molar-refractivity contribution in [2.75, 3.05) is 0 Å². The maximum Gasteiger partial charge on any atom is 0.404 e. The lowest BCUT2D eigenvalue weighted by molar-refractivity contribution is -0.171. The van der Waals surface area contributed by atoms with Crippen LogP contribution in [0.15, 0.2) is 0 Å². The van der Waals surface area contributed by atoms with Gasteiger partial charge >= 0.3 is 12.1 Å². The molecule has 6 rings (SSSR count). The first kappa shape index (κ1) is 29.7. The fourth-order valence-corrected chi connectivity index (χ4v) is 11.6. The third-order valence-electron chi connectivity index (χ3n) is 13.4. The maximum atomic E-state index is 12.5. The summed E-state index contributed by atoms with van der Waals surface area (Å²) in [6, 6.07) is 0. The fraction of sp³-hybridized carbons (Fsp3) is 0.848. The monoisotopic (exact) mass is 572 g/mol. The van der Waals surface area contributed by atoms with E-state index in [1.807, 2.05) is 0 Å². The molecule has 2 spiro atoms. The van der Waals surface area contributed by atoms with Gasteiger partial charge in [0.15, 0.2) is 6.10 Å². The van der Waals surface area contributed by atoms with Crippen molar-refractivity contribution < 1.29 is 34.0 Å². The summed E-state index contributed by atoms with van der Waals surface area (Å²) < 4.78 is 18.4. The molecule has 5 aliphatic carbocycles. The van der Waals surface area contributed by atoms with Crippen LogP contribution < -0.4 is 5.73 Å². The largest absolute Gasteiger partial charge is 0.456 e. The minimum Gasteiger partial charge on any atom is -0.456 e. The van der Waals surface area contributed by atoms with Crippen LogP contribution in [0.2, 0.25) is 0 Å². The van der Waals surface area contributed by atoms with E-state index in [1.54, 1.807) is 13.8 Å². The smallest absolute Gasteiger partial charge is 0.404 e. The second-order valence-electron chi connectivity index (χ2n) is 16.1. The molecule has 0 bridgehead atoms. The molecule has 1 unspecified atom stereocenters. The summed E-state index contributed by atoms with van der Waals surface area (Å²) in [7, 11) is 0. The first-order valence-corrected chi connectivity index (χ1v) is 15.7. The Kier molecular flexibility index (Phi) is 6.40. The molecule has 1 amide bonds. The number of rotatable bonds is 4. The Morgan fingerprint density at radius 1 is 1.12 bits per heavy atom. The minimum atomic E-state index is -1.36. The summed E-state index contributed by atoms with van der Waals surface area (Å²) in [5, 5.41) is 22.0. The average Bonchev–Trinajstić information content (AvgIpc) is 3.48. The molecule has 0 aromatic rings. The summed E-state index contributed by atoms with van der Waals surface area (Å²) in [5.41, 5.74) is 3.85. The normalized spacial score (nSPS) is 48.1. The van der Waals surface area contributed by atoms with E-state index in [2.05, 4.69) is 34.6 Å². The average molecular weight is 573 g/mol. The Morgan fingerprint density at radius 2 is 1.80 bits per heavy atom. The number of esters is 1. The van der Waals surface area contributed by atoms with Crippen LogP contribution in [0.1, 0.15) is 107 Å². The molecule has 6 aliphatic rings. The highest BCUT2D eigenvalue weighted by Gasteiger charge is 2.85. The summed E-state index contributed by atoms with van der Waals surface area (Å²) >= 11 is 0. The van der Waals surface area contributed by atoms with E-state index in [1.165, 1.54) is 12.8 Å². The van der Waals surface area contributed by atoms with E-state index in [4.69, 9.17) is 19.9 Å². The summed E-state index contributed by atoms with van der Waals surface area (Å²) in [4.78, 5) is 24.6. The zero-order valence-electron chi connectivity index (χ0n) is 26.1. The van der Waals surface area contributed by atoms with Crippen LogP contribution in [0.4, 0.5) is 4.79 Å². The lowest BCUT2D eigenvalue weighted by Gasteiger charge is -2.63. The van der Waals surface area contributed by atoms with Gasteiger partial charge in [0, 0.05) is 18.3 Å². The van der Waals surface area contributed by atoms with Gasteiger partial charge in [0.1, 0.15) is 18.3 Å². The molecular formula is C33H50NO7. The molecule has 8 nitrogen and oxygen atoms in total. The fourth-order valence-electron chi connectivity index (χ4n) is 11.6. The van der Waals surface area contributed by atoms with Gasteiger partial charge in [-0.25, -0.2) is 4.79 Å². The lowest BCUT2D eigenvalue weighted by Crippen LogP contribution is -2.59. The van der Waals surface area contributed by atoms with E-state index in [0.29, 0.717) is 24.5 Å². The topological polar surface area (TPSA) is 128 Å². The predicted octanol–water partition coefficient (Wildman–Crippen LogP) is 5.25. The Balaban J connectivity index is 1.41. The van der Waals surface area contributed by atoms with Crippen LogP contribution in [-0.2, 0) is 19.0 Å². The molecule has 3 radical (unpaired) electrons. The van der Waals surface area contributed by atoms with Gasteiger partial charge in [0.05, 0.1) is 11.7 Å². The molecule has 6 fully saturated rings. The number of ether oxygens (including phenoxy) is 3. The van der Waals surface area contributed by atoms with Crippen LogP contribution in [-0.4, -0.2) is 46.2 Å². The van der Waals surface area contributed by atoms with Crippen LogP contribution in [0.5, 0.6) is 0 Å². The van der Waals surface area contributed by atoms with E-state index >= 15 is 0 Å². The van der Waals surface area contributed by atoms with E-state index in [0.717, 1.165) is 44.9 Å². The summed E-state index contributed by atoms with van der Waals surface area (Å²) in [6.07, 6.45) is 6.06. The van der Waals surface area contributed by atoms with Crippen LogP contribution in [0.3, 0.4) is 0 Å². The van der Waals surface area contributed by atoms with Gasteiger partial charge in [0.2, 0.25) is 0 Å². The minimum absolute atomic E-state index is 0.0160. The molecule has 4 N–H and O–H groups in total. The quantitative estimate of drug-likeness (QED) is 0.393. The summed E-state index contributed by atoms with van der Waals surface area (Å²) in [6.45, 7) is 15.9. The number of aliphatic hydroxyl groups is 2. The van der Waals surface area contributed by atoms with Gasteiger partial charge in [-0.1, -0.05) is 34.6 Å². The predicted molar refractivity (Wildman–Crippen MR) is 151 cm³/mol. The van der Waals surface area contributed by atoms with E-state index in [-0.39, 0.29) is 39.6 Å². The Morgan fingerprint density at radius 3 is 2.41 bits per heavy atom. The van der Waals surface area contributed by atoms with Gasteiger partial charge in [0.25, 0.3) is 0 Å². The maximum absolute atomic E-state index is 12.5. The Labute approximate surface area is 245 Å². The van der Waals surface area contributed by atoms with Gasteiger partial charge in [-0.15, -0.1) is 0 Å². The highest BCUT2D eigenvalue weighted by atomic mass is 16.6. The molecule has 1 saturated heterocycles. The van der Waals surface area contributed by atoms with Crippen molar-refractivity contribution >= 4 is 12.1 Å². The summed E-state index contributed by atoms with van der Waals surface area (Å²) in [5.74, 6) is 1.61. The van der Waals surface area contributed by atoms with Gasteiger partial charge in [-0.05, 0) is 105 Å². The van der Waals surface area contributed by atoms with E-state index < -0.39 is 35.3 Å². The number of carbonyl (C=O) groups excluding carboxylic acids is 2. The highest BCUT2D eigenvalue weighted by Crippen LogP contribution is 2.90. The van der Waals surface area contributed by atoms with Crippen molar-refractivity contribution in [3.8, 4) is 0 Å². The van der Waals surface area contributed by atoms with Crippen molar-refractivity contribution in [3.05, 3.63) is 18.1 Å². The number of nitrogens with two attached hydrogens (primary N) is 1. The van der Waals surface area contributed by atoms with Gasteiger partial charge < -0.3 is 30.2 Å². The molecule has 10 atom stereocenters. The second-order valence-corrected chi connectivity index (χ2v) is 16.1. The second kappa shape index (κ2) is 8.84. The van der Waals surface area contributed by atoms with Crippen molar-refractivity contribution in [1.29, 1.82) is 0 Å². The van der Waals surface area contributed by atoms with Gasteiger partial charge in [-0.3, -0.25) is 4.79 Å².